The number of hydrogen-bond acceptors (Lipinski definition) is 5. The van der Waals surface area contributed by atoms with E-state index in [2.05, 4.69) is 10.3 Å². The van der Waals surface area contributed by atoms with Crippen molar-refractivity contribution in [2.24, 2.45) is 0 Å². The van der Waals surface area contributed by atoms with Gasteiger partial charge < -0.3 is 15.5 Å². The predicted molar refractivity (Wildman–Crippen MR) is 68.0 cm³/mol. The van der Waals surface area contributed by atoms with E-state index in [4.69, 9.17) is 5.11 Å². The van der Waals surface area contributed by atoms with Crippen LogP contribution < -0.4 is 5.32 Å². The van der Waals surface area contributed by atoms with Crippen LogP contribution in [0, 0.1) is 0 Å². The lowest BCUT2D eigenvalue weighted by Gasteiger charge is -2.16. The molecule has 2 aromatic rings. The van der Waals surface area contributed by atoms with Crippen molar-refractivity contribution >= 4 is 28.2 Å². The number of hydrogen-bond donors (Lipinski definition) is 3. The number of nitrogens with one attached hydrogen (secondary N) is 1. The molecular weight excluding hydrogens is 270 g/mol. The number of carbonyl (C=O) groups is 2. The number of rotatable bonds is 5. The number of aromatic nitrogens is 2. The number of aliphatic hydroxyl groups excluding tert-OH is 1. The van der Waals surface area contributed by atoms with E-state index < -0.39 is 24.0 Å². The van der Waals surface area contributed by atoms with Crippen LogP contribution in [0.2, 0.25) is 0 Å². The molecule has 2 rings (SSSR count). The molecule has 1 amide bonds. The minimum absolute atomic E-state index is 0.0229. The average Bonchev–Trinajstić information content (AvgIpc) is 2.85. The lowest BCUT2D eigenvalue weighted by atomic mass is 10.2. The molecule has 0 aliphatic rings. The molecule has 8 heteroatoms. The van der Waals surface area contributed by atoms with Crippen LogP contribution in [0.15, 0.2) is 17.8 Å². The standard InChI is InChI=1S/C11H13N3O4S/c1-6(15)9(10(17)18)13-8(16)4-7-5-14-2-3-19-11(14)12-7/h2-3,5-6,9,15H,4H2,1H3,(H,13,16)(H,17,18)/t6-,9+/m1/s1. The van der Waals surface area contributed by atoms with E-state index in [1.807, 2.05) is 11.6 Å². The van der Waals surface area contributed by atoms with Gasteiger partial charge in [-0.1, -0.05) is 0 Å². The first-order valence-electron chi connectivity index (χ1n) is 5.58. The second-order valence-corrected chi connectivity index (χ2v) is 5.00. The van der Waals surface area contributed by atoms with Crippen molar-refractivity contribution in [2.45, 2.75) is 25.5 Å². The third kappa shape index (κ3) is 3.09. The number of thiazole rings is 1. The van der Waals surface area contributed by atoms with Gasteiger partial charge in [-0.2, -0.15) is 0 Å². The summed E-state index contributed by atoms with van der Waals surface area (Å²) in [6.45, 7) is 1.31. The summed E-state index contributed by atoms with van der Waals surface area (Å²) in [5.41, 5.74) is 0.555. The monoisotopic (exact) mass is 283 g/mol. The van der Waals surface area contributed by atoms with Crippen LogP contribution in [0.3, 0.4) is 0 Å². The molecule has 0 aliphatic carbocycles. The molecule has 0 spiro atoms. The summed E-state index contributed by atoms with van der Waals surface area (Å²) in [6.07, 6.45) is 2.35. The first kappa shape index (κ1) is 13.5. The van der Waals surface area contributed by atoms with Gasteiger partial charge in [-0.25, -0.2) is 9.78 Å². The van der Waals surface area contributed by atoms with E-state index in [9.17, 15) is 14.7 Å². The summed E-state index contributed by atoms with van der Waals surface area (Å²) in [5.74, 6) is -1.76. The van der Waals surface area contributed by atoms with E-state index in [0.717, 1.165) is 4.96 Å². The molecule has 3 N–H and O–H groups in total. The van der Waals surface area contributed by atoms with E-state index in [0.29, 0.717) is 5.69 Å². The van der Waals surface area contributed by atoms with Crippen molar-refractivity contribution in [1.82, 2.24) is 14.7 Å². The predicted octanol–water partition coefficient (Wildman–Crippen LogP) is -0.112. The minimum atomic E-state index is -1.31. The van der Waals surface area contributed by atoms with Gasteiger partial charge in [0, 0.05) is 17.8 Å². The zero-order chi connectivity index (χ0) is 14.0. The molecule has 0 aliphatic heterocycles. The summed E-state index contributed by atoms with van der Waals surface area (Å²) < 4.78 is 1.79. The van der Waals surface area contributed by atoms with Gasteiger partial charge in [-0.3, -0.25) is 9.20 Å². The zero-order valence-corrected chi connectivity index (χ0v) is 10.9. The van der Waals surface area contributed by atoms with E-state index >= 15 is 0 Å². The molecule has 0 saturated heterocycles. The third-order valence-corrected chi connectivity index (χ3v) is 3.32. The smallest absolute Gasteiger partial charge is 0.328 e. The quantitative estimate of drug-likeness (QED) is 0.710. The molecule has 2 atom stereocenters. The lowest BCUT2D eigenvalue weighted by molar-refractivity contribution is -0.144. The highest BCUT2D eigenvalue weighted by atomic mass is 32.1. The van der Waals surface area contributed by atoms with Crippen molar-refractivity contribution < 1.29 is 19.8 Å². The Bertz CT molecular complexity index is 575. The maximum atomic E-state index is 11.7. The molecule has 2 heterocycles. The highest BCUT2D eigenvalue weighted by Gasteiger charge is 2.25. The first-order valence-corrected chi connectivity index (χ1v) is 6.46. The lowest BCUT2D eigenvalue weighted by Crippen LogP contribution is -2.48. The van der Waals surface area contributed by atoms with Gasteiger partial charge in [-0.15, -0.1) is 11.3 Å². The largest absolute Gasteiger partial charge is 0.480 e. The molecule has 19 heavy (non-hydrogen) atoms. The molecule has 0 bridgehead atoms. The molecule has 7 nitrogen and oxygen atoms in total. The van der Waals surface area contributed by atoms with Crippen LogP contribution in [0.5, 0.6) is 0 Å². The fourth-order valence-electron chi connectivity index (χ4n) is 1.64. The Morgan fingerprint density at radius 2 is 2.32 bits per heavy atom. The number of aliphatic carboxylic acids is 1. The number of aliphatic hydroxyl groups is 1. The molecule has 102 valence electrons. The Kier molecular flexibility index (Phi) is 3.82. The first-order chi connectivity index (χ1) is 8.97. The number of nitrogens with zero attached hydrogens (tertiary/aromatic N) is 2. The molecule has 0 aromatic carbocycles. The SMILES string of the molecule is C[C@@H](O)[C@H](NC(=O)Cc1cn2ccsc2n1)C(=O)O. The van der Waals surface area contributed by atoms with Gasteiger partial charge in [0.15, 0.2) is 11.0 Å². The highest BCUT2D eigenvalue weighted by molar-refractivity contribution is 7.15. The van der Waals surface area contributed by atoms with Crippen LogP contribution in [0.4, 0.5) is 0 Å². The second-order valence-electron chi connectivity index (χ2n) is 4.13. The third-order valence-electron chi connectivity index (χ3n) is 2.55. The van der Waals surface area contributed by atoms with Crippen molar-refractivity contribution in [3.63, 3.8) is 0 Å². The van der Waals surface area contributed by atoms with Crippen LogP contribution in [0.25, 0.3) is 4.96 Å². The normalized spacial score (nSPS) is 14.2. The summed E-state index contributed by atoms with van der Waals surface area (Å²) in [4.78, 5) is 27.5. The molecule has 2 aromatic heterocycles. The van der Waals surface area contributed by atoms with Gasteiger partial charge >= 0.3 is 5.97 Å². The van der Waals surface area contributed by atoms with Crippen LogP contribution in [0.1, 0.15) is 12.6 Å². The summed E-state index contributed by atoms with van der Waals surface area (Å²) in [7, 11) is 0. The maximum absolute atomic E-state index is 11.7. The Morgan fingerprint density at radius 3 is 2.89 bits per heavy atom. The minimum Gasteiger partial charge on any atom is -0.480 e. The summed E-state index contributed by atoms with van der Waals surface area (Å²) >= 11 is 1.44. The van der Waals surface area contributed by atoms with Gasteiger partial charge in [0.2, 0.25) is 5.91 Å². The van der Waals surface area contributed by atoms with Crippen LogP contribution in [-0.4, -0.2) is 43.6 Å². The zero-order valence-electron chi connectivity index (χ0n) is 10.1. The fourth-order valence-corrected chi connectivity index (χ4v) is 2.36. The number of amides is 1. The Morgan fingerprint density at radius 1 is 1.58 bits per heavy atom. The Hall–Kier alpha value is -1.93. The number of fused-ring (bicyclic) bond motifs is 1. The van der Waals surface area contributed by atoms with Crippen molar-refractivity contribution in [2.75, 3.05) is 0 Å². The van der Waals surface area contributed by atoms with E-state index in [1.54, 1.807) is 10.6 Å². The average molecular weight is 283 g/mol. The van der Waals surface area contributed by atoms with Crippen LogP contribution >= 0.6 is 11.3 Å². The topological polar surface area (TPSA) is 104 Å². The molecule has 0 radical (unpaired) electrons. The van der Waals surface area contributed by atoms with E-state index in [-0.39, 0.29) is 6.42 Å². The number of carboxylic acid groups (broad SMARTS) is 1. The Labute approximate surface area is 112 Å². The fraction of sp³-hybridized carbons (Fsp3) is 0.364. The molecule has 0 fully saturated rings. The van der Waals surface area contributed by atoms with Crippen LogP contribution in [-0.2, 0) is 16.0 Å². The van der Waals surface area contributed by atoms with Gasteiger partial charge in [0.1, 0.15) is 0 Å². The van der Waals surface area contributed by atoms with Crippen molar-refractivity contribution in [3.05, 3.63) is 23.5 Å². The molecule has 0 unspecified atom stereocenters. The number of carboxylic acids is 1. The highest BCUT2D eigenvalue weighted by Crippen LogP contribution is 2.11. The summed E-state index contributed by atoms with van der Waals surface area (Å²) in [6, 6.07) is -1.31. The van der Waals surface area contributed by atoms with Crippen molar-refractivity contribution in [1.29, 1.82) is 0 Å². The second kappa shape index (κ2) is 5.37. The molecular formula is C11H13N3O4S. The number of imidazole rings is 1. The Balaban J connectivity index is 2.00. The molecule has 0 saturated carbocycles. The van der Waals surface area contributed by atoms with Gasteiger partial charge in [0.25, 0.3) is 0 Å². The van der Waals surface area contributed by atoms with Crippen molar-refractivity contribution in [3.8, 4) is 0 Å². The maximum Gasteiger partial charge on any atom is 0.328 e. The van der Waals surface area contributed by atoms with Gasteiger partial charge in [-0.05, 0) is 6.92 Å². The number of carbonyl (C=O) groups excluding carboxylic acids is 1. The van der Waals surface area contributed by atoms with E-state index in [1.165, 1.54) is 18.3 Å². The van der Waals surface area contributed by atoms with Gasteiger partial charge in [0.05, 0.1) is 18.2 Å². The summed E-state index contributed by atoms with van der Waals surface area (Å²) in [5, 5.41) is 22.3.